The Bertz CT molecular complexity index is 1060. The molecule has 0 N–H and O–H groups in total. The van der Waals surface area contributed by atoms with Gasteiger partial charge in [-0.2, -0.15) is 0 Å². The second-order valence-electron chi connectivity index (χ2n) is 13.6. The molecule has 1 aromatic carbocycles. The number of amides is 1. The van der Waals surface area contributed by atoms with Gasteiger partial charge in [0.15, 0.2) is 0 Å². The number of hydrogen-bond donors (Lipinski definition) is 0. The molecule has 42 heavy (non-hydrogen) atoms. The Morgan fingerprint density at radius 3 is 2.40 bits per heavy atom. The smallest absolute Gasteiger partial charge is 0.311 e. The van der Waals surface area contributed by atoms with Crippen LogP contribution in [0.15, 0.2) is 22.8 Å². The van der Waals surface area contributed by atoms with Crippen molar-refractivity contribution < 1.29 is 14.3 Å². The second kappa shape index (κ2) is 15.7. The lowest BCUT2D eigenvalue weighted by molar-refractivity contribution is -0.139. The van der Waals surface area contributed by atoms with E-state index in [9.17, 15) is 14.5 Å². The van der Waals surface area contributed by atoms with Gasteiger partial charge in [-0.05, 0) is 104 Å². The molecule has 2 saturated carbocycles. The van der Waals surface area contributed by atoms with Crippen LogP contribution in [0.3, 0.4) is 0 Å². The Balaban J connectivity index is 0.00000148. The zero-order valence-electron chi connectivity index (χ0n) is 28.2. The minimum atomic E-state index is -0.485. The average Bonchev–Trinajstić information content (AvgIpc) is 3.27. The third kappa shape index (κ3) is 8.39. The molecule has 6 nitrogen and oxygen atoms in total. The average molecular weight is 603 g/mol. The number of esters is 1. The molecule has 3 aliphatic carbocycles. The molecule has 2 fully saturated rings. The van der Waals surface area contributed by atoms with Crippen LogP contribution in [0.2, 0.25) is 0 Å². The van der Waals surface area contributed by atoms with Crippen LogP contribution in [0.5, 0.6) is 5.75 Å². The Labute approximate surface area is 260 Å². The summed E-state index contributed by atoms with van der Waals surface area (Å²) in [6.45, 7) is 21.9. The Kier molecular flexibility index (Phi) is 13.6. The quantitative estimate of drug-likeness (QED) is 0.115. The van der Waals surface area contributed by atoms with E-state index in [1.165, 1.54) is 49.7 Å². The Morgan fingerprint density at radius 2 is 1.76 bits per heavy atom. The standard InChI is InChI=1S/C31H46N2O4S.2C2H6/c1-21(2)19-33(20-29(3,4)38-32-36)27(34)12-13-28(35)37-23-9-10-24-22(18-23)8-11-26-25(24)14-17-30(5)15-7-16-31(26,30)6;2*1-2/h9-10,18,21,25-26H,7-8,11-17,19-20H2,1-6H3;2*1-2H3. The second-order valence-corrected chi connectivity index (χ2v) is 15.0. The summed E-state index contributed by atoms with van der Waals surface area (Å²) in [5.74, 6) is 1.74. The highest BCUT2D eigenvalue weighted by Gasteiger charge is 2.57. The molecule has 0 radical (unpaired) electrons. The lowest BCUT2D eigenvalue weighted by Gasteiger charge is -2.56. The summed E-state index contributed by atoms with van der Waals surface area (Å²) in [5.41, 5.74) is 3.71. The molecule has 0 saturated heterocycles. The molecule has 7 heteroatoms. The fraction of sp³-hybridized carbons (Fsp3) is 0.771. The highest BCUT2D eigenvalue weighted by Crippen LogP contribution is 2.67. The molecule has 238 valence electrons. The van der Waals surface area contributed by atoms with Crippen LogP contribution in [0.1, 0.15) is 138 Å². The summed E-state index contributed by atoms with van der Waals surface area (Å²) in [5, 5.41) is 0. The van der Waals surface area contributed by atoms with E-state index in [0.717, 1.165) is 24.3 Å². The van der Waals surface area contributed by atoms with Crippen LogP contribution in [0.25, 0.3) is 0 Å². The maximum atomic E-state index is 13.0. The van der Waals surface area contributed by atoms with Crippen molar-refractivity contribution in [2.45, 2.75) is 138 Å². The molecule has 0 heterocycles. The topological polar surface area (TPSA) is 76.0 Å². The van der Waals surface area contributed by atoms with Gasteiger partial charge >= 0.3 is 5.97 Å². The molecule has 3 aliphatic rings. The number of ether oxygens (including phenoxy) is 1. The third-order valence-corrected chi connectivity index (χ3v) is 10.6. The number of nitrogens with zero attached hydrogens (tertiary/aromatic N) is 2. The van der Waals surface area contributed by atoms with Crippen LogP contribution in [-0.4, -0.2) is 34.6 Å². The van der Waals surface area contributed by atoms with E-state index in [4.69, 9.17) is 4.74 Å². The summed E-state index contributed by atoms with van der Waals surface area (Å²) in [4.78, 5) is 38.2. The maximum Gasteiger partial charge on any atom is 0.311 e. The van der Waals surface area contributed by atoms with Gasteiger partial charge in [0.25, 0.3) is 0 Å². The first-order chi connectivity index (χ1) is 19.9. The monoisotopic (exact) mass is 602 g/mol. The molecule has 1 amide bonds. The van der Waals surface area contributed by atoms with E-state index >= 15 is 0 Å². The number of fused-ring (bicyclic) bond motifs is 5. The van der Waals surface area contributed by atoms with Crippen molar-refractivity contribution in [3.05, 3.63) is 34.2 Å². The first kappa shape index (κ1) is 36.3. The minimum absolute atomic E-state index is 0.0334. The molecular formula is C35H58N2O4S. The SMILES string of the molecule is CC.CC.CC(C)CN(CC(C)(C)SN=O)C(=O)CCC(=O)Oc1ccc2c(c1)CCC1C2CCC2(C)CCCC12C. The summed E-state index contributed by atoms with van der Waals surface area (Å²) in [6.07, 6.45) is 9.04. The number of rotatable bonds is 10. The minimum Gasteiger partial charge on any atom is -0.427 e. The van der Waals surface area contributed by atoms with Crippen LogP contribution in [-0.2, 0) is 16.0 Å². The van der Waals surface area contributed by atoms with E-state index in [1.807, 2.05) is 61.5 Å². The maximum absolute atomic E-state index is 13.0. The zero-order chi connectivity index (χ0) is 31.7. The Morgan fingerprint density at radius 1 is 1.07 bits per heavy atom. The van der Waals surface area contributed by atoms with Crippen LogP contribution in [0, 0.1) is 27.6 Å². The summed E-state index contributed by atoms with van der Waals surface area (Å²) in [6, 6.07) is 6.21. The summed E-state index contributed by atoms with van der Waals surface area (Å²) < 4.78 is 8.17. The van der Waals surface area contributed by atoms with Crippen molar-refractivity contribution in [2.24, 2.45) is 27.2 Å². The molecular weight excluding hydrogens is 544 g/mol. The largest absolute Gasteiger partial charge is 0.427 e. The highest BCUT2D eigenvalue weighted by molar-refractivity contribution is 7.99. The molecule has 0 aliphatic heterocycles. The van der Waals surface area contributed by atoms with Crippen molar-refractivity contribution in [3.63, 3.8) is 0 Å². The van der Waals surface area contributed by atoms with E-state index in [1.54, 1.807) is 4.90 Å². The highest BCUT2D eigenvalue weighted by atomic mass is 32.2. The van der Waals surface area contributed by atoms with Gasteiger partial charge in [0.2, 0.25) is 5.91 Å². The first-order valence-corrected chi connectivity index (χ1v) is 17.3. The van der Waals surface area contributed by atoms with Crippen molar-refractivity contribution in [1.82, 2.24) is 4.90 Å². The molecule has 4 atom stereocenters. The van der Waals surface area contributed by atoms with Gasteiger partial charge < -0.3 is 9.64 Å². The first-order valence-electron chi connectivity index (χ1n) is 16.5. The number of carbonyl (C=O) groups is 2. The van der Waals surface area contributed by atoms with Gasteiger partial charge in [-0.3, -0.25) is 9.59 Å². The molecule has 4 unspecified atom stereocenters. The van der Waals surface area contributed by atoms with Gasteiger partial charge in [0, 0.05) is 36.0 Å². The van der Waals surface area contributed by atoms with Crippen molar-refractivity contribution in [3.8, 4) is 5.75 Å². The van der Waals surface area contributed by atoms with Crippen molar-refractivity contribution in [2.75, 3.05) is 13.1 Å². The predicted octanol–water partition coefficient (Wildman–Crippen LogP) is 9.74. The molecule has 4 rings (SSSR count). The van der Waals surface area contributed by atoms with E-state index in [2.05, 4.69) is 30.6 Å². The number of hydrogen-bond acceptors (Lipinski definition) is 6. The van der Waals surface area contributed by atoms with Gasteiger partial charge in [-0.1, -0.05) is 67.9 Å². The molecule has 1 aromatic rings. The number of carbonyl (C=O) groups excluding carboxylic acids is 2. The van der Waals surface area contributed by atoms with Crippen LogP contribution in [0.4, 0.5) is 0 Å². The van der Waals surface area contributed by atoms with E-state index in [-0.39, 0.29) is 30.6 Å². The summed E-state index contributed by atoms with van der Waals surface area (Å²) in [7, 11) is 0. The number of nitroso groups, excluding NO2 is 1. The summed E-state index contributed by atoms with van der Waals surface area (Å²) >= 11 is 0.938. The van der Waals surface area contributed by atoms with Crippen molar-refractivity contribution >= 4 is 23.8 Å². The molecule has 0 spiro atoms. The third-order valence-electron chi connectivity index (χ3n) is 9.92. The molecule has 0 bridgehead atoms. The number of aryl methyl sites for hydroxylation is 1. The zero-order valence-corrected chi connectivity index (χ0v) is 29.0. The van der Waals surface area contributed by atoms with E-state index in [0.29, 0.717) is 35.6 Å². The van der Waals surface area contributed by atoms with Gasteiger partial charge in [0.05, 0.1) is 11.2 Å². The number of benzene rings is 1. The van der Waals surface area contributed by atoms with Crippen LogP contribution < -0.4 is 4.74 Å². The fourth-order valence-corrected chi connectivity index (χ4v) is 8.27. The fourth-order valence-electron chi connectivity index (χ4n) is 7.86. The molecule has 0 aromatic heterocycles. The predicted molar refractivity (Wildman–Crippen MR) is 177 cm³/mol. The van der Waals surface area contributed by atoms with E-state index < -0.39 is 4.75 Å². The normalized spacial score (nSPS) is 25.9. The van der Waals surface area contributed by atoms with Gasteiger partial charge in [0.1, 0.15) is 5.75 Å². The lowest BCUT2D eigenvalue weighted by Crippen LogP contribution is -2.47. The Hall–Kier alpha value is -1.89. The van der Waals surface area contributed by atoms with Crippen molar-refractivity contribution in [1.29, 1.82) is 0 Å². The van der Waals surface area contributed by atoms with Gasteiger partial charge in [-0.15, -0.1) is 4.91 Å². The van der Waals surface area contributed by atoms with Gasteiger partial charge in [-0.25, -0.2) is 0 Å². The van der Waals surface area contributed by atoms with Crippen LogP contribution >= 0.6 is 11.9 Å². The lowest BCUT2D eigenvalue weighted by atomic mass is 9.48.